The van der Waals surface area contributed by atoms with Gasteiger partial charge in [0.25, 0.3) is 5.91 Å². The molecule has 4 aromatic rings. The van der Waals surface area contributed by atoms with Crippen LogP contribution in [-0.2, 0) is 16.2 Å². The minimum absolute atomic E-state index is 0.202. The zero-order valence-electron chi connectivity index (χ0n) is 20.7. The molecule has 4 rings (SSSR count). The van der Waals surface area contributed by atoms with Gasteiger partial charge in [0.15, 0.2) is 0 Å². The Hall–Kier alpha value is -5.24. The minimum atomic E-state index is -0.974. The lowest BCUT2D eigenvalue weighted by Gasteiger charge is -2.11. The third-order valence-electron chi connectivity index (χ3n) is 5.41. The third-order valence-corrected chi connectivity index (χ3v) is 5.41. The number of nitrogens with one attached hydrogen (secondary N) is 3. The van der Waals surface area contributed by atoms with Crippen molar-refractivity contribution >= 4 is 35.3 Å². The van der Waals surface area contributed by atoms with Crippen molar-refractivity contribution < 1.29 is 19.1 Å². The van der Waals surface area contributed by atoms with Gasteiger partial charge in [-0.05, 0) is 72.1 Å². The van der Waals surface area contributed by atoms with Gasteiger partial charge in [0, 0.05) is 5.69 Å². The Morgan fingerprint density at radius 3 is 2.29 bits per heavy atom. The number of amides is 3. The number of nitrogens with zero attached hydrogens (tertiary/aromatic N) is 1. The summed E-state index contributed by atoms with van der Waals surface area (Å²) in [4.78, 5) is 37.5. The van der Waals surface area contributed by atoms with E-state index in [1.165, 1.54) is 6.21 Å². The maximum absolute atomic E-state index is 12.8. The lowest BCUT2D eigenvalue weighted by atomic mass is 10.1. The van der Waals surface area contributed by atoms with E-state index < -0.39 is 17.7 Å². The van der Waals surface area contributed by atoms with Crippen LogP contribution in [0, 0.1) is 6.92 Å². The van der Waals surface area contributed by atoms with E-state index in [1.807, 2.05) is 55.5 Å². The average Bonchev–Trinajstić information content (AvgIpc) is 2.93. The van der Waals surface area contributed by atoms with Gasteiger partial charge in [-0.15, -0.1) is 0 Å². The molecule has 0 fully saturated rings. The van der Waals surface area contributed by atoms with Crippen molar-refractivity contribution in [3.8, 4) is 5.75 Å². The molecular formula is C30H26N4O4. The number of anilines is 2. The first-order valence-corrected chi connectivity index (χ1v) is 11.9. The highest BCUT2D eigenvalue weighted by molar-refractivity contribution is 6.40. The maximum Gasteiger partial charge on any atom is 0.329 e. The molecule has 0 saturated heterocycles. The molecule has 0 saturated carbocycles. The van der Waals surface area contributed by atoms with Crippen molar-refractivity contribution in [2.45, 2.75) is 13.5 Å². The molecule has 0 spiro atoms. The summed E-state index contributed by atoms with van der Waals surface area (Å²) >= 11 is 0. The van der Waals surface area contributed by atoms with Gasteiger partial charge in [0.1, 0.15) is 12.4 Å². The molecule has 38 heavy (non-hydrogen) atoms. The molecule has 8 heteroatoms. The molecule has 0 aliphatic rings. The number of rotatable bonds is 8. The normalized spacial score (nSPS) is 10.6. The number of ether oxygens (including phenoxy) is 1. The summed E-state index contributed by atoms with van der Waals surface area (Å²) < 4.78 is 5.75. The third kappa shape index (κ3) is 7.38. The number of hydrazone groups is 1. The van der Waals surface area contributed by atoms with Crippen LogP contribution in [0.2, 0.25) is 0 Å². The highest BCUT2D eigenvalue weighted by atomic mass is 16.5. The van der Waals surface area contributed by atoms with Crippen LogP contribution < -0.4 is 20.8 Å². The van der Waals surface area contributed by atoms with Crippen LogP contribution in [0.15, 0.2) is 108 Å². The Kier molecular flexibility index (Phi) is 8.60. The van der Waals surface area contributed by atoms with E-state index in [-0.39, 0.29) is 11.3 Å². The molecule has 0 unspecified atom stereocenters. The number of para-hydroxylation sites is 1. The zero-order valence-corrected chi connectivity index (χ0v) is 20.7. The van der Waals surface area contributed by atoms with Gasteiger partial charge in [0.05, 0.1) is 17.5 Å². The maximum atomic E-state index is 12.8. The van der Waals surface area contributed by atoms with Crippen LogP contribution in [-0.4, -0.2) is 23.9 Å². The summed E-state index contributed by atoms with van der Waals surface area (Å²) in [6.45, 7) is 2.37. The van der Waals surface area contributed by atoms with Crippen LogP contribution >= 0.6 is 0 Å². The number of aryl methyl sites for hydroxylation is 1. The molecular weight excluding hydrogens is 480 g/mol. The van der Waals surface area contributed by atoms with Crippen molar-refractivity contribution in [2.75, 3.05) is 10.6 Å². The number of carbonyl (C=O) groups is 3. The second kappa shape index (κ2) is 12.6. The lowest BCUT2D eigenvalue weighted by molar-refractivity contribution is -0.136. The average molecular weight is 507 g/mol. The highest BCUT2D eigenvalue weighted by Crippen LogP contribution is 2.18. The van der Waals surface area contributed by atoms with Crippen LogP contribution in [0.5, 0.6) is 5.75 Å². The first-order chi connectivity index (χ1) is 18.5. The number of benzene rings is 4. The van der Waals surface area contributed by atoms with Crippen molar-refractivity contribution in [1.29, 1.82) is 0 Å². The van der Waals surface area contributed by atoms with Crippen molar-refractivity contribution in [3.63, 3.8) is 0 Å². The lowest BCUT2D eigenvalue weighted by Crippen LogP contribution is -2.33. The molecule has 4 aromatic carbocycles. The Morgan fingerprint density at radius 1 is 0.789 bits per heavy atom. The van der Waals surface area contributed by atoms with Crippen molar-refractivity contribution in [1.82, 2.24) is 5.43 Å². The van der Waals surface area contributed by atoms with E-state index in [4.69, 9.17) is 4.74 Å². The van der Waals surface area contributed by atoms with Gasteiger partial charge in [-0.3, -0.25) is 14.4 Å². The van der Waals surface area contributed by atoms with Gasteiger partial charge in [-0.2, -0.15) is 5.10 Å². The zero-order chi connectivity index (χ0) is 26.7. The molecule has 0 bridgehead atoms. The Bertz CT molecular complexity index is 1450. The van der Waals surface area contributed by atoms with E-state index in [2.05, 4.69) is 21.2 Å². The second-order valence-corrected chi connectivity index (χ2v) is 8.37. The van der Waals surface area contributed by atoms with Crippen LogP contribution in [0.25, 0.3) is 0 Å². The van der Waals surface area contributed by atoms with E-state index in [0.717, 1.165) is 11.1 Å². The largest absolute Gasteiger partial charge is 0.489 e. The summed E-state index contributed by atoms with van der Waals surface area (Å²) in [6.07, 6.45) is 1.41. The van der Waals surface area contributed by atoms with Crippen LogP contribution in [0.3, 0.4) is 0 Å². The summed E-state index contributed by atoms with van der Waals surface area (Å²) in [5, 5.41) is 9.10. The van der Waals surface area contributed by atoms with Crippen molar-refractivity contribution in [2.24, 2.45) is 5.10 Å². The smallest absolute Gasteiger partial charge is 0.329 e. The predicted octanol–water partition coefficient (Wildman–Crippen LogP) is 4.92. The monoisotopic (exact) mass is 506 g/mol. The van der Waals surface area contributed by atoms with Gasteiger partial charge in [0.2, 0.25) is 0 Å². The standard InChI is InChI=1S/C30H26N4O4/c1-21-8-7-11-24(18-21)32-28(35)26-12-5-6-13-27(26)33-29(36)30(37)34-31-19-22-14-16-25(17-15-22)38-20-23-9-3-2-4-10-23/h2-19H,20H2,1H3,(H,32,35)(H,33,36)(H,34,37)/b31-19-. The quantitative estimate of drug-likeness (QED) is 0.179. The molecule has 3 amide bonds. The molecule has 3 N–H and O–H groups in total. The fraction of sp³-hybridized carbons (Fsp3) is 0.0667. The molecule has 0 aromatic heterocycles. The highest BCUT2D eigenvalue weighted by Gasteiger charge is 2.17. The van der Waals surface area contributed by atoms with Crippen molar-refractivity contribution in [3.05, 3.63) is 125 Å². The number of carbonyl (C=O) groups excluding carboxylic acids is 3. The number of hydrogen-bond donors (Lipinski definition) is 3. The molecule has 0 aliphatic carbocycles. The number of hydrogen-bond acceptors (Lipinski definition) is 5. The fourth-order valence-corrected chi connectivity index (χ4v) is 3.50. The summed E-state index contributed by atoms with van der Waals surface area (Å²) in [5.74, 6) is -1.65. The first-order valence-electron chi connectivity index (χ1n) is 11.9. The Balaban J connectivity index is 1.29. The van der Waals surface area contributed by atoms with E-state index in [1.54, 1.807) is 54.6 Å². The van der Waals surface area contributed by atoms with Gasteiger partial charge < -0.3 is 15.4 Å². The molecule has 0 heterocycles. The van der Waals surface area contributed by atoms with E-state index in [0.29, 0.717) is 23.6 Å². The molecule has 0 radical (unpaired) electrons. The topological polar surface area (TPSA) is 109 Å². The Morgan fingerprint density at radius 2 is 1.53 bits per heavy atom. The van der Waals surface area contributed by atoms with Gasteiger partial charge >= 0.3 is 11.8 Å². The predicted molar refractivity (Wildman–Crippen MR) is 147 cm³/mol. The van der Waals surface area contributed by atoms with Gasteiger partial charge in [-0.25, -0.2) is 5.43 Å². The van der Waals surface area contributed by atoms with E-state index in [9.17, 15) is 14.4 Å². The molecule has 0 atom stereocenters. The van der Waals surface area contributed by atoms with Crippen LogP contribution in [0.4, 0.5) is 11.4 Å². The van der Waals surface area contributed by atoms with Gasteiger partial charge in [-0.1, -0.05) is 54.6 Å². The second-order valence-electron chi connectivity index (χ2n) is 8.37. The summed E-state index contributed by atoms with van der Waals surface area (Å²) in [7, 11) is 0. The van der Waals surface area contributed by atoms with E-state index >= 15 is 0 Å². The first kappa shape index (κ1) is 25.8. The SMILES string of the molecule is Cc1cccc(NC(=O)c2ccccc2NC(=O)C(=O)N/N=C\c2ccc(OCc3ccccc3)cc2)c1. The fourth-order valence-electron chi connectivity index (χ4n) is 3.50. The minimum Gasteiger partial charge on any atom is -0.489 e. The van der Waals surface area contributed by atoms with Crippen LogP contribution in [0.1, 0.15) is 27.0 Å². The molecule has 190 valence electrons. The molecule has 8 nitrogen and oxygen atoms in total. The summed E-state index contributed by atoms with van der Waals surface area (Å²) in [6, 6.07) is 30.7. The summed E-state index contributed by atoms with van der Waals surface area (Å²) in [5.41, 5.74) is 6.00. The molecule has 0 aliphatic heterocycles. The Labute approximate surface area is 220 Å².